The van der Waals surface area contributed by atoms with E-state index in [1.807, 2.05) is 6.92 Å². The zero-order chi connectivity index (χ0) is 14.0. The molecule has 0 atom stereocenters. The first kappa shape index (κ1) is 14.1. The maximum absolute atomic E-state index is 11.0. The molecule has 0 spiro atoms. The molecule has 0 radical (unpaired) electrons. The van der Waals surface area contributed by atoms with Crippen molar-refractivity contribution in [2.24, 2.45) is 5.73 Å². The van der Waals surface area contributed by atoms with Gasteiger partial charge in [0.2, 0.25) is 5.91 Å². The van der Waals surface area contributed by atoms with Crippen molar-refractivity contribution in [2.75, 3.05) is 5.32 Å². The van der Waals surface area contributed by atoms with Gasteiger partial charge in [0.05, 0.1) is 11.3 Å². The molecule has 0 bridgehead atoms. The lowest BCUT2D eigenvalue weighted by atomic mass is 10.2. The molecule has 4 nitrogen and oxygen atoms in total. The lowest BCUT2D eigenvalue weighted by molar-refractivity contribution is 0.100. The summed E-state index contributed by atoms with van der Waals surface area (Å²) in [6, 6.07) is 3.49. The minimum Gasteiger partial charge on any atom is -0.377 e. The average Bonchev–Trinajstić information content (AvgIpc) is 2.76. The standard InChI is InChI=1S/C12H11Cl2N3OS/c1-6-2-9(13)17-11(14)10(6)16-4-8-3-7(5-19-8)12(15)18/h2-3,5,16H,4H2,1H3,(H2,15,18). The molecule has 1 amide bonds. The largest absolute Gasteiger partial charge is 0.377 e. The van der Waals surface area contributed by atoms with Crippen molar-refractivity contribution >= 4 is 46.1 Å². The molecule has 2 heterocycles. The van der Waals surface area contributed by atoms with Crippen LogP contribution < -0.4 is 11.1 Å². The van der Waals surface area contributed by atoms with Crippen LogP contribution in [-0.4, -0.2) is 10.9 Å². The van der Waals surface area contributed by atoms with Gasteiger partial charge in [-0.05, 0) is 24.6 Å². The molecule has 0 aliphatic heterocycles. The SMILES string of the molecule is Cc1cc(Cl)nc(Cl)c1NCc1cc(C(N)=O)cs1. The second-order valence-electron chi connectivity index (χ2n) is 3.95. The molecule has 2 aromatic rings. The number of nitrogens with one attached hydrogen (secondary N) is 1. The maximum atomic E-state index is 11.0. The number of nitrogens with two attached hydrogens (primary N) is 1. The molecular formula is C12H11Cl2N3OS. The molecule has 0 aromatic carbocycles. The zero-order valence-corrected chi connectivity index (χ0v) is 12.4. The number of aryl methyl sites for hydroxylation is 1. The van der Waals surface area contributed by atoms with Crippen LogP contribution in [0.3, 0.4) is 0 Å². The third-order valence-corrected chi connectivity index (χ3v) is 3.92. The zero-order valence-electron chi connectivity index (χ0n) is 10.0. The quantitative estimate of drug-likeness (QED) is 0.849. The summed E-state index contributed by atoms with van der Waals surface area (Å²) in [5.41, 5.74) is 7.36. The summed E-state index contributed by atoms with van der Waals surface area (Å²) < 4.78 is 0. The Morgan fingerprint density at radius 3 is 2.79 bits per heavy atom. The van der Waals surface area contributed by atoms with Gasteiger partial charge in [-0.25, -0.2) is 4.98 Å². The minimum atomic E-state index is -0.426. The van der Waals surface area contributed by atoms with E-state index in [9.17, 15) is 4.79 Å². The van der Waals surface area contributed by atoms with Crippen LogP contribution in [0, 0.1) is 6.92 Å². The van der Waals surface area contributed by atoms with Gasteiger partial charge < -0.3 is 11.1 Å². The number of carbonyl (C=O) groups excluding carboxylic acids is 1. The van der Waals surface area contributed by atoms with E-state index in [-0.39, 0.29) is 0 Å². The van der Waals surface area contributed by atoms with Crippen LogP contribution in [0.1, 0.15) is 20.8 Å². The molecule has 0 fully saturated rings. The number of primary amides is 1. The molecule has 3 N–H and O–H groups in total. The van der Waals surface area contributed by atoms with Crippen molar-refractivity contribution in [2.45, 2.75) is 13.5 Å². The topological polar surface area (TPSA) is 68.0 Å². The normalized spacial score (nSPS) is 10.5. The summed E-state index contributed by atoms with van der Waals surface area (Å²) in [4.78, 5) is 16.0. The Labute approximate surface area is 124 Å². The fourth-order valence-corrected chi connectivity index (χ4v) is 3.00. The number of aromatic nitrogens is 1. The third kappa shape index (κ3) is 3.37. The van der Waals surface area contributed by atoms with E-state index in [0.29, 0.717) is 22.4 Å². The number of amides is 1. The van der Waals surface area contributed by atoms with Crippen LogP contribution in [-0.2, 0) is 6.54 Å². The van der Waals surface area contributed by atoms with E-state index >= 15 is 0 Å². The predicted molar refractivity (Wildman–Crippen MR) is 79.2 cm³/mol. The van der Waals surface area contributed by atoms with Gasteiger partial charge in [-0.1, -0.05) is 23.2 Å². The monoisotopic (exact) mass is 315 g/mol. The minimum absolute atomic E-state index is 0.330. The Balaban J connectivity index is 2.12. The average molecular weight is 316 g/mol. The molecule has 0 aliphatic carbocycles. The van der Waals surface area contributed by atoms with Crippen molar-refractivity contribution in [1.82, 2.24) is 4.98 Å². The molecule has 2 aromatic heterocycles. The van der Waals surface area contributed by atoms with Crippen LogP contribution in [0.5, 0.6) is 0 Å². The Hall–Kier alpha value is -1.30. The van der Waals surface area contributed by atoms with Gasteiger partial charge in [0, 0.05) is 16.8 Å². The van der Waals surface area contributed by atoms with E-state index in [1.165, 1.54) is 11.3 Å². The van der Waals surface area contributed by atoms with Crippen LogP contribution >= 0.6 is 34.5 Å². The molecule has 19 heavy (non-hydrogen) atoms. The van der Waals surface area contributed by atoms with Gasteiger partial charge in [0.1, 0.15) is 5.15 Å². The van der Waals surface area contributed by atoms with Crippen molar-refractivity contribution in [1.29, 1.82) is 0 Å². The number of hydrogen-bond acceptors (Lipinski definition) is 4. The van der Waals surface area contributed by atoms with Crippen LogP contribution in [0.4, 0.5) is 5.69 Å². The smallest absolute Gasteiger partial charge is 0.249 e. The summed E-state index contributed by atoms with van der Waals surface area (Å²) >= 11 is 13.3. The first-order chi connectivity index (χ1) is 8.97. The Kier molecular flexibility index (Phi) is 4.29. The number of anilines is 1. The fourth-order valence-electron chi connectivity index (χ4n) is 1.59. The number of thiophene rings is 1. The summed E-state index contributed by atoms with van der Waals surface area (Å²) in [6.07, 6.45) is 0. The molecule has 0 aliphatic rings. The summed E-state index contributed by atoms with van der Waals surface area (Å²) in [7, 11) is 0. The van der Waals surface area contributed by atoms with Crippen molar-refractivity contribution in [3.63, 3.8) is 0 Å². The van der Waals surface area contributed by atoms with Crippen LogP contribution in [0.15, 0.2) is 17.5 Å². The van der Waals surface area contributed by atoms with Crippen molar-refractivity contribution in [3.8, 4) is 0 Å². The number of pyridine rings is 1. The Morgan fingerprint density at radius 1 is 1.47 bits per heavy atom. The number of carbonyl (C=O) groups is 1. The highest BCUT2D eigenvalue weighted by atomic mass is 35.5. The van der Waals surface area contributed by atoms with E-state index in [2.05, 4.69) is 10.3 Å². The molecule has 2 rings (SSSR count). The van der Waals surface area contributed by atoms with Gasteiger partial charge >= 0.3 is 0 Å². The second-order valence-corrected chi connectivity index (χ2v) is 5.69. The van der Waals surface area contributed by atoms with Crippen molar-refractivity contribution < 1.29 is 4.79 Å². The molecule has 0 saturated heterocycles. The van der Waals surface area contributed by atoms with E-state index in [1.54, 1.807) is 17.5 Å². The summed E-state index contributed by atoms with van der Waals surface area (Å²) in [6.45, 7) is 2.44. The molecule has 100 valence electrons. The lowest BCUT2D eigenvalue weighted by Gasteiger charge is -2.10. The second kappa shape index (κ2) is 5.77. The molecule has 0 unspecified atom stereocenters. The molecule has 7 heteroatoms. The van der Waals surface area contributed by atoms with Gasteiger partial charge in [0.25, 0.3) is 0 Å². The van der Waals surface area contributed by atoms with Gasteiger partial charge in [-0.2, -0.15) is 0 Å². The number of halogens is 2. The fraction of sp³-hybridized carbons (Fsp3) is 0.167. The lowest BCUT2D eigenvalue weighted by Crippen LogP contribution is -2.09. The summed E-state index contributed by atoms with van der Waals surface area (Å²) in [5, 5.41) is 5.60. The number of nitrogens with zero attached hydrogens (tertiary/aromatic N) is 1. The van der Waals surface area contributed by atoms with E-state index in [4.69, 9.17) is 28.9 Å². The highest BCUT2D eigenvalue weighted by Crippen LogP contribution is 2.27. The van der Waals surface area contributed by atoms with Crippen LogP contribution in [0.25, 0.3) is 0 Å². The maximum Gasteiger partial charge on any atom is 0.249 e. The molecule has 0 saturated carbocycles. The van der Waals surface area contributed by atoms with Gasteiger partial charge in [0.15, 0.2) is 5.15 Å². The first-order valence-corrected chi connectivity index (χ1v) is 7.04. The summed E-state index contributed by atoms with van der Waals surface area (Å²) in [5.74, 6) is -0.426. The highest BCUT2D eigenvalue weighted by molar-refractivity contribution is 7.10. The van der Waals surface area contributed by atoms with Gasteiger partial charge in [-0.3, -0.25) is 4.79 Å². The Bertz CT molecular complexity index is 604. The Morgan fingerprint density at radius 2 is 2.21 bits per heavy atom. The number of rotatable bonds is 4. The van der Waals surface area contributed by atoms with Crippen LogP contribution in [0.2, 0.25) is 10.3 Å². The highest BCUT2D eigenvalue weighted by Gasteiger charge is 2.09. The van der Waals surface area contributed by atoms with E-state index < -0.39 is 5.91 Å². The molecular weight excluding hydrogens is 305 g/mol. The number of hydrogen-bond donors (Lipinski definition) is 2. The predicted octanol–water partition coefficient (Wildman–Crippen LogP) is 3.47. The first-order valence-electron chi connectivity index (χ1n) is 5.41. The van der Waals surface area contributed by atoms with E-state index in [0.717, 1.165) is 16.1 Å². The van der Waals surface area contributed by atoms with Crippen molar-refractivity contribution in [3.05, 3.63) is 43.8 Å². The third-order valence-electron chi connectivity index (χ3n) is 2.52. The van der Waals surface area contributed by atoms with Gasteiger partial charge in [-0.15, -0.1) is 11.3 Å².